The number of aromatic amines is 1. The molecule has 1 heterocycles. The van der Waals surface area contributed by atoms with Gasteiger partial charge >= 0.3 is 5.97 Å². The van der Waals surface area contributed by atoms with Crippen LogP contribution in [0.1, 0.15) is 0 Å². The summed E-state index contributed by atoms with van der Waals surface area (Å²) >= 11 is 0. The topological polar surface area (TPSA) is 126 Å². The maximum absolute atomic E-state index is 11.8. The van der Waals surface area contributed by atoms with Gasteiger partial charge in [-0.3, -0.25) is 9.59 Å². The lowest BCUT2D eigenvalue weighted by atomic mass is 10.3. The zero-order chi connectivity index (χ0) is 13.8. The number of hydrogen-bond acceptors (Lipinski definition) is 6. The fourth-order valence-electron chi connectivity index (χ4n) is 1.16. The summed E-state index contributed by atoms with van der Waals surface area (Å²) in [5, 5.41) is 8.89. The maximum Gasteiger partial charge on any atom is 0.326 e. The predicted molar refractivity (Wildman–Crippen MR) is 60.3 cm³/mol. The monoisotopic (exact) mass is 276 g/mol. The molecule has 0 aliphatic carbocycles. The standard InChI is InChI=1S/C9H12N2O6S/c1-17-9(14)6(5-12)11-18(15,16)8-4-10-3-2-7(8)13/h2-4,6,11-12H,5H2,1H3,(H,10,13). The summed E-state index contributed by atoms with van der Waals surface area (Å²) in [6.07, 6.45) is 2.25. The second-order valence-electron chi connectivity index (χ2n) is 3.25. The third kappa shape index (κ3) is 3.15. The van der Waals surface area contributed by atoms with E-state index in [9.17, 15) is 18.0 Å². The molecule has 0 saturated carbocycles. The Balaban J connectivity index is 3.06. The number of carbonyl (C=O) groups is 1. The molecule has 0 aliphatic heterocycles. The number of aromatic nitrogens is 1. The molecule has 1 unspecified atom stereocenters. The van der Waals surface area contributed by atoms with Crippen LogP contribution in [0, 0.1) is 0 Å². The molecular formula is C9H12N2O6S. The Labute approximate surface area is 103 Å². The van der Waals surface area contributed by atoms with E-state index in [1.165, 1.54) is 6.20 Å². The number of ether oxygens (including phenoxy) is 1. The lowest BCUT2D eigenvalue weighted by Crippen LogP contribution is -2.44. The van der Waals surface area contributed by atoms with Crippen molar-refractivity contribution in [3.63, 3.8) is 0 Å². The first kappa shape index (κ1) is 14.4. The van der Waals surface area contributed by atoms with Crippen LogP contribution in [0.25, 0.3) is 0 Å². The molecule has 18 heavy (non-hydrogen) atoms. The van der Waals surface area contributed by atoms with Gasteiger partial charge in [0.05, 0.1) is 13.7 Å². The van der Waals surface area contributed by atoms with Crippen LogP contribution in [-0.4, -0.2) is 44.2 Å². The molecule has 100 valence electrons. The van der Waals surface area contributed by atoms with Crippen molar-refractivity contribution in [1.29, 1.82) is 0 Å². The van der Waals surface area contributed by atoms with Gasteiger partial charge in [0.25, 0.3) is 0 Å². The number of pyridine rings is 1. The van der Waals surface area contributed by atoms with Crippen LogP contribution in [0.2, 0.25) is 0 Å². The lowest BCUT2D eigenvalue weighted by Gasteiger charge is -2.13. The molecule has 0 amide bonds. The number of nitrogens with one attached hydrogen (secondary N) is 2. The van der Waals surface area contributed by atoms with E-state index in [2.05, 4.69) is 9.72 Å². The van der Waals surface area contributed by atoms with Crippen LogP contribution < -0.4 is 10.2 Å². The first-order chi connectivity index (χ1) is 8.42. The van der Waals surface area contributed by atoms with Crippen molar-refractivity contribution >= 4 is 16.0 Å². The fraction of sp³-hybridized carbons (Fsp3) is 0.333. The Morgan fingerprint density at radius 1 is 1.61 bits per heavy atom. The summed E-state index contributed by atoms with van der Waals surface area (Å²) in [6.45, 7) is -0.781. The second kappa shape index (κ2) is 5.76. The zero-order valence-corrected chi connectivity index (χ0v) is 10.2. The Kier molecular flexibility index (Phi) is 4.59. The van der Waals surface area contributed by atoms with E-state index < -0.39 is 39.0 Å². The molecular weight excluding hydrogens is 264 g/mol. The van der Waals surface area contributed by atoms with Crippen molar-refractivity contribution in [2.45, 2.75) is 10.9 Å². The molecule has 1 atom stereocenters. The smallest absolute Gasteiger partial charge is 0.326 e. The van der Waals surface area contributed by atoms with Gasteiger partial charge in [-0.25, -0.2) is 8.42 Å². The minimum Gasteiger partial charge on any atom is -0.468 e. The number of hydrogen-bond donors (Lipinski definition) is 3. The van der Waals surface area contributed by atoms with Crippen molar-refractivity contribution in [3.05, 3.63) is 28.7 Å². The normalized spacial score (nSPS) is 13.0. The number of esters is 1. The van der Waals surface area contributed by atoms with Gasteiger partial charge in [-0.2, -0.15) is 4.72 Å². The fourth-order valence-corrected chi connectivity index (χ4v) is 2.39. The predicted octanol–water partition coefficient (Wildman–Crippen LogP) is -1.81. The Bertz CT molecular complexity index is 579. The van der Waals surface area contributed by atoms with Crippen LogP contribution in [-0.2, 0) is 19.6 Å². The quantitative estimate of drug-likeness (QED) is 0.544. The van der Waals surface area contributed by atoms with Crippen molar-refractivity contribution in [2.75, 3.05) is 13.7 Å². The largest absolute Gasteiger partial charge is 0.468 e. The molecule has 3 N–H and O–H groups in total. The molecule has 0 radical (unpaired) electrons. The van der Waals surface area contributed by atoms with Gasteiger partial charge in [-0.1, -0.05) is 0 Å². The van der Waals surface area contributed by atoms with Crippen LogP contribution in [0.5, 0.6) is 0 Å². The summed E-state index contributed by atoms with van der Waals surface area (Å²) in [4.78, 5) is 24.4. The Morgan fingerprint density at radius 2 is 2.28 bits per heavy atom. The third-order valence-electron chi connectivity index (χ3n) is 2.04. The van der Waals surface area contributed by atoms with Gasteiger partial charge in [-0.05, 0) is 0 Å². The molecule has 1 rings (SSSR count). The zero-order valence-electron chi connectivity index (χ0n) is 9.41. The highest BCUT2D eigenvalue weighted by molar-refractivity contribution is 7.89. The molecule has 0 aromatic carbocycles. The van der Waals surface area contributed by atoms with E-state index in [0.717, 1.165) is 19.4 Å². The van der Waals surface area contributed by atoms with Gasteiger partial charge in [0.2, 0.25) is 15.5 Å². The highest BCUT2D eigenvalue weighted by atomic mass is 32.2. The average Bonchev–Trinajstić information content (AvgIpc) is 2.35. The molecule has 0 spiro atoms. The van der Waals surface area contributed by atoms with Crippen LogP contribution in [0.3, 0.4) is 0 Å². The number of rotatable bonds is 5. The summed E-state index contributed by atoms with van der Waals surface area (Å²) < 4.78 is 29.8. The maximum atomic E-state index is 11.8. The van der Waals surface area contributed by atoms with Crippen molar-refractivity contribution in [1.82, 2.24) is 9.71 Å². The van der Waals surface area contributed by atoms with E-state index in [1.54, 1.807) is 0 Å². The van der Waals surface area contributed by atoms with Crippen LogP contribution in [0.4, 0.5) is 0 Å². The average molecular weight is 276 g/mol. The molecule has 8 nitrogen and oxygen atoms in total. The number of sulfonamides is 1. The van der Waals surface area contributed by atoms with Gasteiger partial charge < -0.3 is 14.8 Å². The van der Waals surface area contributed by atoms with Crippen molar-refractivity contribution in [2.24, 2.45) is 0 Å². The number of aliphatic hydroxyl groups is 1. The molecule has 1 aromatic heterocycles. The summed E-state index contributed by atoms with van der Waals surface area (Å²) in [6, 6.07) is -0.430. The highest BCUT2D eigenvalue weighted by Crippen LogP contribution is 2.02. The second-order valence-corrected chi connectivity index (χ2v) is 4.93. The van der Waals surface area contributed by atoms with Gasteiger partial charge in [0.15, 0.2) is 0 Å². The molecule has 9 heteroatoms. The third-order valence-corrected chi connectivity index (χ3v) is 3.54. The summed E-state index contributed by atoms with van der Waals surface area (Å²) in [7, 11) is -3.16. The van der Waals surface area contributed by atoms with Crippen molar-refractivity contribution < 1.29 is 23.1 Å². The first-order valence-electron chi connectivity index (χ1n) is 4.80. The Morgan fingerprint density at radius 3 is 2.78 bits per heavy atom. The number of methoxy groups -OCH3 is 1. The highest BCUT2D eigenvalue weighted by Gasteiger charge is 2.27. The molecule has 1 aromatic rings. The molecule has 0 aliphatic rings. The Hall–Kier alpha value is -1.71. The van der Waals surface area contributed by atoms with Crippen LogP contribution >= 0.6 is 0 Å². The number of aliphatic hydroxyl groups excluding tert-OH is 1. The number of carbonyl (C=O) groups excluding carboxylic acids is 1. The first-order valence-corrected chi connectivity index (χ1v) is 6.29. The SMILES string of the molecule is COC(=O)C(CO)NS(=O)(=O)c1c[nH]ccc1=O. The molecule has 0 fully saturated rings. The minimum absolute atomic E-state index is 0.549. The van der Waals surface area contributed by atoms with E-state index in [4.69, 9.17) is 5.11 Å². The summed E-state index contributed by atoms with van der Waals surface area (Å²) in [5.41, 5.74) is -0.734. The van der Waals surface area contributed by atoms with Gasteiger partial charge in [-0.15, -0.1) is 0 Å². The van der Waals surface area contributed by atoms with E-state index >= 15 is 0 Å². The van der Waals surface area contributed by atoms with E-state index in [-0.39, 0.29) is 0 Å². The van der Waals surface area contributed by atoms with E-state index in [1.807, 2.05) is 4.72 Å². The van der Waals surface area contributed by atoms with Gasteiger partial charge in [0, 0.05) is 18.5 Å². The molecule has 0 bridgehead atoms. The van der Waals surface area contributed by atoms with E-state index in [0.29, 0.717) is 0 Å². The minimum atomic E-state index is -4.21. The van der Waals surface area contributed by atoms with Crippen LogP contribution in [0.15, 0.2) is 28.2 Å². The van der Waals surface area contributed by atoms with Crippen molar-refractivity contribution in [3.8, 4) is 0 Å². The molecule has 0 saturated heterocycles. The van der Waals surface area contributed by atoms with Gasteiger partial charge in [0.1, 0.15) is 10.9 Å². The summed E-state index contributed by atoms with van der Waals surface area (Å²) in [5.74, 6) is -0.951. The lowest BCUT2D eigenvalue weighted by molar-refractivity contribution is -0.143. The number of H-pyrrole nitrogens is 1.